The summed E-state index contributed by atoms with van der Waals surface area (Å²) in [6.45, 7) is 0. The third-order valence-corrected chi connectivity index (χ3v) is 3.45. The van der Waals surface area contributed by atoms with Crippen molar-refractivity contribution in [3.63, 3.8) is 0 Å². The number of nitriles is 1. The second-order valence-electron chi connectivity index (χ2n) is 5.28. The van der Waals surface area contributed by atoms with Gasteiger partial charge in [0.25, 0.3) is 5.91 Å². The van der Waals surface area contributed by atoms with E-state index in [4.69, 9.17) is 5.26 Å². The normalized spacial score (nSPS) is 10.1. The van der Waals surface area contributed by atoms with Gasteiger partial charge in [0.15, 0.2) is 17.5 Å². The minimum absolute atomic E-state index is 0.131. The number of aromatic nitrogens is 2. The number of carbonyl (C=O) groups is 1. The molecular weight excluding hydrogens is 359 g/mol. The molecule has 9 heteroatoms. The van der Waals surface area contributed by atoms with E-state index in [2.05, 4.69) is 20.6 Å². The Morgan fingerprint density at radius 2 is 1.85 bits per heavy atom. The van der Waals surface area contributed by atoms with Crippen LogP contribution in [0.5, 0.6) is 0 Å². The van der Waals surface area contributed by atoms with Crippen LogP contribution < -0.4 is 10.6 Å². The van der Waals surface area contributed by atoms with Crippen molar-refractivity contribution in [2.75, 3.05) is 10.6 Å². The molecule has 0 atom stereocenters. The summed E-state index contributed by atoms with van der Waals surface area (Å²) in [5, 5.41) is 13.9. The van der Waals surface area contributed by atoms with Crippen molar-refractivity contribution in [3.8, 4) is 6.07 Å². The molecule has 2 N–H and O–H groups in total. The summed E-state index contributed by atoms with van der Waals surface area (Å²) in [5.74, 6) is -5.15. The van der Waals surface area contributed by atoms with Crippen molar-refractivity contribution in [1.82, 2.24) is 9.97 Å². The number of amides is 1. The zero-order chi connectivity index (χ0) is 19.4. The van der Waals surface area contributed by atoms with Crippen LogP contribution in [-0.2, 0) is 0 Å². The van der Waals surface area contributed by atoms with E-state index < -0.39 is 29.0 Å². The van der Waals surface area contributed by atoms with Crippen LogP contribution in [0.1, 0.15) is 16.1 Å². The number of halogens is 3. The predicted octanol–water partition coefficient (Wildman–Crippen LogP) is 3.76. The number of nitrogens with zero attached hydrogens (tertiary/aromatic N) is 3. The molecule has 134 valence electrons. The number of carbonyl (C=O) groups excluding carboxylic acids is 1. The van der Waals surface area contributed by atoms with Gasteiger partial charge in [-0.15, -0.1) is 0 Å². The second-order valence-corrected chi connectivity index (χ2v) is 5.28. The topological polar surface area (TPSA) is 90.7 Å². The summed E-state index contributed by atoms with van der Waals surface area (Å²) in [7, 11) is 0. The van der Waals surface area contributed by atoms with E-state index in [0.29, 0.717) is 17.3 Å². The first-order valence-corrected chi connectivity index (χ1v) is 7.52. The van der Waals surface area contributed by atoms with Gasteiger partial charge in [0, 0.05) is 11.8 Å². The van der Waals surface area contributed by atoms with Crippen LogP contribution in [0.4, 0.5) is 30.4 Å². The molecule has 2 aromatic carbocycles. The second kappa shape index (κ2) is 7.53. The zero-order valence-electron chi connectivity index (χ0n) is 13.5. The highest BCUT2D eigenvalue weighted by atomic mass is 19.2. The summed E-state index contributed by atoms with van der Waals surface area (Å²) < 4.78 is 39.9. The van der Waals surface area contributed by atoms with E-state index in [1.807, 2.05) is 6.07 Å². The van der Waals surface area contributed by atoms with E-state index in [9.17, 15) is 18.0 Å². The van der Waals surface area contributed by atoms with Gasteiger partial charge in [0.2, 0.25) is 0 Å². The van der Waals surface area contributed by atoms with Crippen molar-refractivity contribution < 1.29 is 18.0 Å². The Morgan fingerprint density at radius 3 is 2.63 bits per heavy atom. The van der Waals surface area contributed by atoms with E-state index >= 15 is 0 Å². The lowest BCUT2D eigenvalue weighted by atomic mass is 10.2. The van der Waals surface area contributed by atoms with Crippen LogP contribution in [0.2, 0.25) is 0 Å². The van der Waals surface area contributed by atoms with Crippen molar-refractivity contribution >= 4 is 23.1 Å². The maximum Gasteiger partial charge on any atom is 0.274 e. The molecule has 1 heterocycles. The highest BCUT2D eigenvalue weighted by Crippen LogP contribution is 2.21. The van der Waals surface area contributed by atoms with Crippen molar-refractivity contribution in [1.29, 1.82) is 5.26 Å². The molecule has 3 rings (SSSR count). The largest absolute Gasteiger partial charge is 0.340 e. The Hall–Kier alpha value is -3.93. The van der Waals surface area contributed by atoms with Gasteiger partial charge in [-0.1, -0.05) is 6.07 Å². The van der Waals surface area contributed by atoms with Crippen LogP contribution in [0.15, 0.2) is 48.8 Å². The lowest BCUT2D eigenvalue weighted by Gasteiger charge is -2.09. The first kappa shape index (κ1) is 17.9. The molecule has 0 saturated carbocycles. The van der Waals surface area contributed by atoms with Gasteiger partial charge in [0.1, 0.15) is 17.8 Å². The SMILES string of the molecule is N#Cc1cccc(Nc2cc(C(=O)Nc3ccc(F)c(F)c3F)ncn2)c1. The van der Waals surface area contributed by atoms with E-state index in [0.717, 1.165) is 12.4 Å². The van der Waals surface area contributed by atoms with Gasteiger partial charge < -0.3 is 10.6 Å². The molecule has 0 unspecified atom stereocenters. The third-order valence-electron chi connectivity index (χ3n) is 3.45. The van der Waals surface area contributed by atoms with E-state index in [1.165, 1.54) is 6.07 Å². The van der Waals surface area contributed by atoms with Crippen LogP contribution in [0.3, 0.4) is 0 Å². The van der Waals surface area contributed by atoms with Crippen molar-refractivity contribution in [2.45, 2.75) is 0 Å². The predicted molar refractivity (Wildman–Crippen MR) is 90.7 cm³/mol. The molecule has 1 amide bonds. The van der Waals surface area contributed by atoms with Crippen molar-refractivity contribution in [3.05, 3.63) is 77.5 Å². The quantitative estimate of drug-likeness (QED) is 0.684. The maximum absolute atomic E-state index is 13.7. The fraction of sp³-hybridized carbons (Fsp3) is 0. The standard InChI is InChI=1S/C18H10F3N5O/c19-12-4-5-13(17(21)16(12)20)26-18(27)14-7-15(24-9-23-14)25-11-3-1-2-10(6-11)8-22/h1-7,9H,(H,26,27)(H,23,24,25). The molecule has 0 aliphatic carbocycles. The molecule has 27 heavy (non-hydrogen) atoms. The van der Waals surface area contributed by atoms with E-state index in [1.54, 1.807) is 24.3 Å². The van der Waals surface area contributed by atoms with Crippen LogP contribution in [0.25, 0.3) is 0 Å². The van der Waals surface area contributed by atoms with Gasteiger partial charge in [-0.05, 0) is 30.3 Å². The Labute approximate surface area is 151 Å². The molecule has 3 aromatic rings. The van der Waals surface area contributed by atoms with Gasteiger partial charge in [-0.2, -0.15) is 5.26 Å². The fourth-order valence-electron chi connectivity index (χ4n) is 2.17. The molecule has 0 saturated heterocycles. The molecule has 0 radical (unpaired) electrons. The molecule has 0 bridgehead atoms. The zero-order valence-corrected chi connectivity index (χ0v) is 13.5. The Balaban J connectivity index is 1.80. The van der Waals surface area contributed by atoms with Crippen LogP contribution >= 0.6 is 0 Å². The number of hydrogen-bond acceptors (Lipinski definition) is 5. The summed E-state index contributed by atoms with van der Waals surface area (Å²) in [6.07, 6.45) is 1.10. The minimum atomic E-state index is -1.68. The van der Waals surface area contributed by atoms with Crippen LogP contribution in [0, 0.1) is 28.8 Å². The molecule has 1 aromatic heterocycles. The average molecular weight is 369 g/mol. The molecular formula is C18H10F3N5O. The highest BCUT2D eigenvalue weighted by molar-refractivity contribution is 6.03. The lowest BCUT2D eigenvalue weighted by Crippen LogP contribution is -2.16. The number of rotatable bonds is 4. The average Bonchev–Trinajstić information content (AvgIpc) is 2.68. The van der Waals surface area contributed by atoms with E-state index in [-0.39, 0.29) is 11.5 Å². The summed E-state index contributed by atoms with van der Waals surface area (Å²) >= 11 is 0. The Morgan fingerprint density at radius 1 is 1.04 bits per heavy atom. The molecule has 0 spiro atoms. The van der Waals surface area contributed by atoms with Gasteiger partial charge in [-0.25, -0.2) is 23.1 Å². The summed E-state index contributed by atoms with van der Waals surface area (Å²) in [6, 6.07) is 11.4. The van der Waals surface area contributed by atoms with Gasteiger partial charge in [-0.3, -0.25) is 4.79 Å². The molecule has 6 nitrogen and oxygen atoms in total. The fourth-order valence-corrected chi connectivity index (χ4v) is 2.17. The first-order valence-electron chi connectivity index (χ1n) is 7.52. The van der Waals surface area contributed by atoms with Gasteiger partial charge in [0.05, 0.1) is 17.3 Å². The minimum Gasteiger partial charge on any atom is -0.340 e. The summed E-state index contributed by atoms with van der Waals surface area (Å²) in [5.41, 5.74) is 0.341. The third kappa shape index (κ3) is 4.01. The first-order chi connectivity index (χ1) is 13.0. The molecule has 0 fully saturated rings. The smallest absolute Gasteiger partial charge is 0.274 e. The highest BCUT2D eigenvalue weighted by Gasteiger charge is 2.17. The van der Waals surface area contributed by atoms with Gasteiger partial charge >= 0.3 is 0 Å². The Bertz CT molecular complexity index is 1070. The van der Waals surface area contributed by atoms with Crippen LogP contribution in [-0.4, -0.2) is 15.9 Å². The molecule has 0 aliphatic heterocycles. The Kier molecular flexibility index (Phi) is 4.99. The number of nitrogens with one attached hydrogen (secondary N) is 2. The monoisotopic (exact) mass is 369 g/mol. The number of anilines is 3. The maximum atomic E-state index is 13.7. The number of hydrogen-bond donors (Lipinski definition) is 2. The van der Waals surface area contributed by atoms with Crippen molar-refractivity contribution in [2.24, 2.45) is 0 Å². The number of benzene rings is 2. The lowest BCUT2D eigenvalue weighted by molar-refractivity contribution is 0.102. The summed E-state index contributed by atoms with van der Waals surface area (Å²) in [4.78, 5) is 19.9. The molecule has 0 aliphatic rings.